The lowest BCUT2D eigenvalue weighted by atomic mass is 10.1. The minimum atomic E-state index is -0.645. The number of nitrogens with zero attached hydrogens (tertiary/aromatic N) is 2. The number of benzene rings is 2. The second-order valence-corrected chi connectivity index (χ2v) is 6.66. The van der Waals surface area contributed by atoms with E-state index in [0.717, 1.165) is 17.4 Å². The van der Waals surface area contributed by atoms with E-state index in [-0.39, 0.29) is 16.3 Å². The fourth-order valence-corrected chi connectivity index (χ4v) is 3.25. The van der Waals surface area contributed by atoms with E-state index < -0.39 is 10.8 Å². The summed E-state index contributed by atoms with van der Waals surface area (Å²) in [5.74, 6) is 0.144. The second kappa shape index (κ2) is 8.15. The van der Waals surface area contributed by atoms with E-state index in [9.17, 15) is 14.9 Å². The zero-order valence-electron chi connectivity index (χ0n) is 14.1. The lowest BCUT2D eigenvalue weighted by Crippen LogP contribution is -2.13. The highest BCUT2D eigenvalue weighted by atomic mass is 35.5. The minimum Gasteiger partial charge on any atom is -0.494 e. The zero-order chi connectivity index (χ0) is 19.4. The molecular formula is C18H14ClN3O4S. The van der Waals surface area contributed by atoms with Gasteiger partial charge < -0.3 is 4.74 Å². The van der Waals surface area contributed by atoms with Crippen LogP contribution in [0.1, 0.15) is 17.3 Å². The maximum Gasteiger partial charge on any atom is 0.283 e. The van der Waals surface area contributed by atoms with Crippen LogP contribution in [0.5, 0.6) is 5.75 Å². The Balaban J connectivity index is 1.78. The van der Waals surface area contributed by atoms with Crippen LogP contribution in [-0.2, 0) is 0 Å². The van der Waals surface area contributed by atoms with Crippen molar-refractivity contribution in [1.82, 2.24) is 4.98 Å². The Bertz CT molecular complexity index is 989. The molecular weight excluding hydrogens is 390 g/mol. The number of carbonyl (C=O) groups is 1. The van der Waals surface area contributed by atoms with Crippen molar-refractivity contribution >= 4 is 39.7 Å². The van der Waals surface area contributed by atoms with Crippen molar-refractivity contribution in [3.8, 4) is 17.0 Å². The van der Waals surface area contributed by atoms with Gasteiger partial charge in [0, 0.05) is 22.0 Å². The first-order valence-electron chi connectivity index (χ1n) is 7.92. The van der Waals surface area contributed by atoms with Gasteiger partial charge in [-0.25, -0.2) is 4.98 Å². The van der Waals surface area contributed by atoms with Crippen LogP contribution in [0.4, 0.5) is 10.8 Å². The number of anilines is 1. The van der Waals surface area contributed by atoms with Gasteiger partial charge in [-0.3, -0.25) is 20.2 Å². The van der Waals surface area contributed by atoms with Crippen LogP contribution in [0.2, 0.25) is 5.02 Å². The van der Waals surface area contributed by atoms with Crippen molar-refractivity contribution in [3.05, 3.63) is 68.5 Å². The number of hydrogen-bond donors (Lipinski definition) is 1. The molecule has 1 amide bonds. The molecule has 0 unspecified atom stereocenters. The van der Waals surface area contributed by atoms with Crippen molar-refractivity contribution < 1.29 is 14.5 Å². The molecule has 1 aromatic heterocycles. The van der Waals surface area contributed by atoms with Gasteiger partial charge in [-0.1, -0.05) is 11.6 Å². The van der Waals surface area contributed by atoms with Crippen molar-refractivity contribution in [2.45, 2.75) is 6.92 Å². The standard InChI is InChI=1S/C18H14ClN3O4S/c1-2-26-13-6-3-11(4-7-13)15-10-27-18(20-15)21-17(23)14-8-5-12(19)9-16(14)22(24)25/h3-10H,2H2,1H3,(H,20,21,23). The number of aromatic nitrogens is 1. The minimum absolute atomic E-state index is 0.0813. The van der Waals surface area contributed by atoms with E-state index in [4.69, 9.17) is 16.3 Å². The van der Waals surface area contributed by atoms with Gasteiger partial charge in [0.25, 0.3) is 11.6 Å². The highest BCUT2D eigenvalue weighted by molar-refractivity contribution is 7.14. The van der Waals surface area contributed by atoms with E-state index in [1.807, 2.05) is 31.2 Å². The molecule has 27 heavy (non-hydrogen) atoms. The first kappa shape index (κ1) is 18.8. The molecule has 0 saturated heterocycles. The van der Waals surface area contributed by atoms with Crippen molar-refractivity contribution in [2.24, 2.45) is 0 Å². The lowest BCUT2D eigenvalue weighted by Gasteiger charge is -2.04. The van der Waals surface area contributed by atoms with Crippen molar-refractivity contribution in [3.63, 3.8) is 0 Å². The number of halogens is 1. The third-order valence-electron chi connectivity index (χ3n) is 3.59. The van der Waals surface area contributed by atoms with Gasteiger partial charge in [-0.15, -0.1) is 11.3 Å². The van der Waals surface area contributed by atoms with Crippen LogP contribution in [-0.4, -0.2) is 22.4 Å². The Labute approximate surface area is 163 Å². The number of carbonyl (C=O) groups excluding carboxylic acids is 1. The van der Waals surface area contributed by atoms with Gasteiger partial charge >= 0.3 is 0 Å². The number of amides is 1. The van der Waals surface area contributed by atoms with Gasteiger partial charge in [0.05, 0.1) is 17.2 Å². The Morgan fingerprint density at radius 1 is 1.30 bits per heavy atom. The van der Waals surface area contributed by atoms with Gasteiger partial charge in [-0.2, -0.15) is 0 Å². The summed E-state index contributed by atoms with van der Waals surface area (Å²) in [5, 5.41) is 16.0. The molecule has 0 fully saturated rings. The SMILES string of the molecule is CCOc1ccc(-c2csc(NC(=O)c3ccc(Cl)cc3[N+](=O)[O-])n2)cc1. The predicted molar refractivity (Wildman–Crippen MR) is 105 cm³/mol. The topological polar surface area (TPSA) is 94.4 Å². The van der Waals surface area contributed by atoms with E-state index in [1.165, 1.54) is 23.5 Å². The summed E-state index contributed by atoms with van der Waals surface area (Å²) in [5.41, 5.74) is 1.11. The highest BCUT2D eigenvalue weighted by Crippen LogP contribution is 2.28. The molecule has 0 atom stereocenters. The van der Waals surface area contributed by atoms with Crippen LogP contribution in [0.25, 0.3) is 11.3 Å². The molecule has 1 N–H and O–H groups in total. The zero-order valence-corrected chi connectivity index (χ0v) is 15.7. The van der Waals surface area contributed by atoms with E-state index in [1.54, 1.807) is 5.38 Å². The molecule has 3 aromatic rings. The number of rotatable bonds is 6. The third kappa shape index (κ3) is 4.42. The molecule has 3 rings (SSSR count). The Kier molecular flexibility index (Phi) is 5.68. The van der Waals surface area contributed by atoms with E-state index >= 15 is 0 Å². The summed E-state index contributed by atoms with van der Waals surface area (Å²) in [4.78, 5) is 27.3. The summed E-state index contributed by atoms with van der Waals surface area (Å²) in [6.45, 7) is 2.50. The summed E-state index contributed by atoms with van der Waals surface area (Å²) in [6, 6.07) is 11.3. The molecule has 0 aliphatic rings. The Morgan fingerprint density at radius 2 is 2.04 bits per heavy atom. The molecule has 2 aromatic carbocycles. The smallest absolute Gasteiger partial charge is 0.283 e. The van der Waals surface area contributed by atoms with Crippen LogP contribution >= 0.6 is 22.9 Å². The fraction of sp³-hybridized carbons (Fsp3) is 0.111. The van der Waals surface area contributed by atoms with Gasteiger partial charge in [0.1, 0.15) is 11.3 Å². The molecule has 0 saturated carbocycles. The lowest BCUT2D eigenvalue weighted by molar-refractivity contribution is -0.385. The molecule has 0 bridgehead atoms. The molecule has 0 aliphatic heterocycles. The largest absolute Gasteiger partial charge is 0.494 e. The summed E-state index contributed by atoms with van der Waals surface area (Å²) in [7, 11) is 0. The maximum absolute atomic E-state index is 12.4. The highest BCUT2D eigenvalue weighted by Gasteiger charge is 2.21. The molecule has 9 heteroatoms. The Morgan fingerprint density at radius 3 is 2.70 bits per heavy atom. The summed E-state index contributed by atoms with van der Waals surface area (Å²) >= 11 is 7.00. The average molecular weight is 404 g/mol. The number of hydrogen-bond acceptors (Lipinski definition) is 6. The second-order valence-electron chi connectivity index (χ2n) is 5.37. The van der Waals surface area contributed by atoms with Crippen molar-refractivity contribution in [1.29, 1.82) is 0 Å². The van der Waals surface area contributed by atoms with E-state index in [0.29, 0.717) is 17.4 Å². The van der Waals surface area contributed by atoms with Gasteiger partial charge in [0.2, 0.25) is 0 Å². The summed E-state index contributed by atoms with van der Waals surface area (Å²) < 4.78 is 5.40. The quantitative estimate of drug-likeness (QED) is 0.460. The molecule has 0 aliphatic carbocycles. The first-order valence-corrected chi connectivity index (χ1v) is 9.17. The molecule has 0 spiro atoms. The molecule has 138 valence electrons. The van der Waals surface area contributed by atoms with Crippen LogP contribution < -0.4 is 10.1 Å². The number of thiazole rings is 1. The number of nitrogens with one attached hydrogen (secondary N) is 1. The normalized spacial score (nSPS) is 10.4. The van der Waals surface area contributed by atoms with Gasteiger partial charge in [-0.05, 0) is 43.3 Å². The first-order chi connectivity index (χ1) is 13.0. The third-order valence-corrected chi connectivity index (χ3v) is 4.58. The van der Waals surface area contributed by atoms with Crippen molar-refractivity contribution in [2.75, 3.05) is 11.9 Å². The molecule has 7 nitrogen and oxygen atoms in total. The fourth-order valence-electron chi connectivity index (χ4n) is 2.36. The van der Waals surface area contributed by atoms with Crippen LogP contribution in [0.15, 0.2) is 47.8 Å². The molecule has 1 heterocycles. The Hall–Kier alpha value is -2.97. The average Bonchev–Trinajstić information content (AvgIpc) is 3.11. The number of ether oxygens (including phenoxy) is 1. The maximum atomic E-state index is 12.4. The number of nitro groups is 1. The van der Waals surface area contributed by atoms with Crippen LogP contribution in [0, 0.1) is 10.1 Å². The van der Waals surface area contributed by atoms with Crippen LogP contribution in [0.3, 0.4) is 0 Å². The number of nitro benzene ring substituents is 1. The molecule has 0 radical (unpaired) electrons. The summed E-state index contributed by atoms with van der Waals surface area (Å²) in [6.07, 6.45) is 0. The van der Waals surface area contributed by atoms with Gasteiger partial charge in [0.15, 0.2) is 5.13 Å². The predicted octanol–water partition coefficient (Wildman–Crippen LogP) is 5.02. The monoisotopic (exact) mass is 403 g/mol. The van der Waals surface area contributed by atoms with E-state index in [2.05, 4.69) is 10.3 Å².